The topological polar surface area (TPSA) is 9.86 Å². The molecule has 0 spiro atoms. The lowest BCUT2D eigenvalue weighted by Crippen LogP contribution is -2.57. The lowest BCUT2D eigenvalue weighted by atomic mass is 9.31. The van der Waals surface area contributed by atoms with E-state index in [1.165, 1.54) is 121 Å². The van der Waals surface area contributed by atoms with Gasteiger partial charge in [-0.2, -0.15) is 0 Å². The molecule has 2 nitrogen and oxygen atoms in total. The average molecular weight is 725 g/mol. The first-order valence-electron chi connectivity index (χ1n) is 20.2. The van der Waals surface area contributed by atoms with E-state index < -0.39 is 0 Å². The first-order chi connectivity index (χ1) is 28.0. The summed E-state index contributed by atoms with van der Waals surface area (Å²) in [6, 6.07) is 64.1. The number of nitrogens with zero attached hydrogens (tertiary/aromatic N) is 2. The predicted molar refractivity (Wildman–Crippen MR) is 244 cm³/mol. The van der Waals surface area contributed by atoms with Crippen molar-refractivity contribution in [1.82, 2.24) is 9.13 Å². The normalized spacial score (nSPS) is 13.1. The minimum Gasteiger partial charge on any atom is -0.309 e. The van der Waals surface area contributed by atoms with E-state index in [-0.39, 0.29) is 12.1 Å². The second-order valence-corrected chi connectivity index (χ2v) is 17.2. The molecule has 0 atom stereocenters. The molecule has 0 amide bonds. The highest BCUT2D eigenvalue weighted by atomic mass is 15.0. The first kappa shape index (κ1) is 31.4. The largest absolute Gasteiger partial charge is 0.309 e. The van der Waals surface area contributed by atoms with Crippen LogP contribution in [0.15, 0.2) is 170 Å². The Hall–Kier alpha value is -6.84. The van der Waals surface area contributed by atoms with Crippen LogP contribution in [0.5, 0.6) is 0 Å². The standard InChI is InChI=1S/C54H37BN2/c1-54(2,3)32-28-41-37-22-14-24-39-49(37)45(30-43-35-20-10-12-26-47(35)56(52(39)43)33-16-6-4-7-17-33)55-46-31-44-36-21-11-13-27-48(36)57(34-18-8-5-9-19-34)53(44)40-25-15-23-38(50(40)46)42(29-32)51(41)55/h4-31H,1-3H3. The molecular weight excluding hydrogens is 687 g/mol. The Morgan fingerprint density at radius 3 is 1.26 bits per heavy atom. The van der Waals surface area contributed by atoms with E-state index in [1.807, 2.05) is 0 Å². The number of fused-ring (bicyclic) bond motifs is 12. The van der Waals surface area contributed by atoms with Crippen LogP contribution < -0.4 is 16.4 Å². The second-order valence-electron chi connectivity index (χ2n) is 17.2. The summed E-state index contributed by atoms with van der Waals surface area (Å²) in [6.45, 7) is 7.14. The third kappa shape index (κ3) is 4.01. The van der Waals surface area contributed by atoms with E-state index in [4.69, 9.17) is 0 Å². The fourth-order valence-electron chi connectivity index (χ4n) is 10.8. The number of rotatable bonds is 2. The maximum absolute atomic E-state index is 2.58. The Morgan fingerprint density at radius 2 is 0.807 bits per heavy atom. The van der Waals surface area contributed by atoms with Gasteiger partial charge >= 0.3 is 0 Å². The summed E-state index contributed by atoms with van der Waals surface area (Å²) in [5, 5.41) is 10.6. The second kappa shape index (κ2) is 10.9. The number of para-hydroxylation sites is 4. The molecule has 0 saturated carbocycles. The zero-order valence-electron chi connectivity index (χ0n) is 32.1. The van der Waals surface area contributed by atoms with E-state index in [2.05, 4.69) is 200 Å². The van der Waals surface area contributed by atoms with E-state index in [0.29, 0.717) is 0 Å². The van der Waals surface area contributed by atoms with Crippen LogP contribution in [-0.4, -0.2) is 15.8 Å². The molecule has 0 saturated heterocycles. The van der Waals surface area contributed by atoms with Gasteiger partial charge in [0.15, 0.2) is 0 Å². The van der Waals surface area contributed by atoms with Gasteiger partial charge in [-0.25, -0.2) is 0 Å². The van der Waals surface area contributed by atoms with Crippen LogP contribution >= 0.6 is 0 Å². The van der Waals surface area contributed by atoms with Crippen LogP contribution in [0.2, 0.25) is 0 Å². The molecule has 2 aliphatic rings. The highest BCUT2D eigenvalue weighted by molar-refractivity contribution is 7.01. The van der Waals surface area contributed by atoms with Crippen molar-refractivity contribution in [2.45, 2.75) is 26.2 Å². The maximum atomic E-state index is 2.58. The molecule has 9 aromatic carbocycles. The van der Waals surface area contributed by atoms with Crippen molar-refractivity contribution >= 4 is 88.3 Å². The Labute approximate surface area is 331 Å². The highest BCUT2D eigenvalue weighted by Gasteiger charge is 2.41. The van der Waals surface area contributed by atoms with Crippen LogP contribution in [0.3, 0.4) is 0 Å². The van der Waals surface area contributed by atoms with Crippen molar-refractivity contribution in [3.8, 4) is 33.6 Å². The highest BCUT2D eigenvalue weighted by Crippen LogP contribution is 2.46. The number of aromatic nitrogens is 2. The van der Waals surface area contributed by atoms with E-state index in [9.17, 15) is 0 Å². The zero-order valence-corrected chi connectivity index (χ0v) is 32.1. The van der Waals surface area contributed by atoms with Gasteiger partial charge < -0.3 is 9.13 Å². The summed E-state index contributed by atoms with van der Waals surface area (Å²) in [6.07, 6.45) is 0. The smallest absolute Gasteiger partial charge is 0.244 e. The van der Waals surface area contributed by atoms with Gasteiger partial charge in [0.05, 0.1) is 22.1 Å². The van der Waals surface area contributed by atoms with Crippen molar-refractivity contribution in [2.24, 2.45) is 0 Å². The molecule has 13 rings (SSSR count). The first-order valence-corrected chi connectivity index (χ1v) is 20.2. The minimum absolute atomic E-state index is 0.0310. The molecule has 0 radical (unpaired) electrons. The van der Waals surface area contributed by atoms with Crippen LogP contribution in [0.1, 0.15) is 26.3 Å². The molecule has 0 bridgehead atoms. The molecule has 3 heteroatoms. The Bertz CT molecular complexity index is 3320. The Morgan fingerprint density at radius 1 is 0.386 bits per heavy atom. The molecule has 0 fully saturated rings. The molecule has 0 unspecified atom stereocenters. The van der Waals surface area contributed by atoms with Gasteiger partial charge in [0.1, 0.15) is 0 Å². The molecule has 0 N–H and O–H groups in total. The summed E-state index contributed by atoms with van der Waals surface area (Å²) in [4.78, 5) is 0. The summed E-state index contributed by atoms with van der Waals surface area (Å²) in [5.41, 5.74) is 18.4. The lowest BCUT2D eigenvalue weighted by molar-refractivity contribution is 0.591. The van der Waals surface area contributed by atoms with Crippen LogP contribution in [0.4, 0.5) is 0 Å². The summed E-state index contributed by atoms with van der Waals surface area (Å²) in [5.74, 6) is 0. The predicted octanol–water partition coefficient (Wildman–Crippen LogP) is 12.0. The van der Waals surface area contributed by atoms with Crippen molar-refractivity contribution in [2.75, 3.05) is 0 Å². The quantitative estimate of drug-likeness (QED) is 0.157. The average Bonchev–Trinajstić information content (AvgIpc) is 3.77. The van der Waals surface area contributed by atoms with Gasteiger partial charge in [0.25, 0.3) is 0 Å². The number of benzene rings is 9. The van der Waals surface area contributed by atoms with Crippen molar-refractivity contribution in [1.29, 1.82) is 0 Å². The fraction of sp³-hybridized carbons (Fsp3) is 0.0741. The molecular formula is C54H37BN2. The zero-order chi connectivity index (χ0) is 37.7. The fourth-order valence-corrected chi connectivity index (χ4v) is 10.8. The van der Waals surface area contributed by atoms with Crippen molar-refractivity contribution in [3.63, 3.8) is 0 Å². The van der Waals surface area contributed by atoms with Crippen LogP contribution in [-0.2, 0) is 5.41 Å². The summed E-state index contributed by atoms with van der Waals surface area (Å²) in [7, 11) is 0. The molecule has 0 aliphatic carbocycles. The summed E-state index contributed by atoms with van der Waals surface area (Å²) >= 11 is 0. The van der Waals surface area contributed by atoms with Crippen molar-refractivity contribution < 1.29 is 0 Å². The summed E-state index contributed by atoms with van der Waals surface area (Å²) < 4.78 is 5.00. The van der Waals surface area contributed by atoms with E-state index in [1.54, 1.807) is 0 Å². The number of hydrogen-bond acceptors (Lipinski definition) is 0. The SMILES string of the molecule is CC(C)(C)c1cc2c3c(c1)-c1cccc4c1c(cc1c5ccccc5n(-c5ccccc5)c41)B3c1cc3c4ccccc4n(-c4ccccc4)c3c3cccc-2c13. The van der Waals surface area contributed by atoms with E-state index >= 15 is 0 Å². The maximum Gasteiger partial charge on any atom is 0.244 e. The molecule has 11 aromatic rings. The van der Waals surface area contributed by atoms with E-state index in [0.717, 1.165) is 0 Å². The third-order valence-corrected chi connectivity index (χ3v) is 13.2. The molecule has 57 heavy (non-hydrogen) atoms. The Kier molecular flexibility index (Phi) is 6.02. The molecule has 4 heterocycles. The van der Waals surface area contributed by atoms with Gasteiger partial charge in [-0.1, -0.05) is 171 Å². The van der Waals surface area contributed by atoms with Gasteiger partial charge in [0.2, 0.25) is 6.71 Å². The van der Waals surface area contributed by atoms with Crippen LogP contribution in [0, 0.1) is 0 Å². The molecule has 2 aliphatic heterocycles. The van der Waals surface area contributed by atoms with Gasteiger partial charge in [-0.05, 0) is 80.4 Å². The Balaban J connectivity index is 1.25. The number of hydrogen-bond donors (Lipinski definition) is 0. The van der Waals surface area contributed by atoms with Crippen LogP contribution in [0.25, 0.3) is 98.8 Å². The van der Waals surface area contributed by atoms with Gasteiger partial charge in [-0.3, -0.25) is 0 Å². The minimum atomic E-state index is -0.0310. The van der Waals surface area contributed by atoms with Crippen molar-refractivity contribution in [3.05, 3.63) is 175 Å². The monoisotopic (exact) mass is 724 g/mol. The van der Waals surface area contributed by atoms with Gasteiger partial charge in [-0.15, -0.1) is 0 Å². The lowest BCUT2D eigenvalue weighted by Gasteiger charge is -2.36. The molecule has 2 aromatic heterocycles. The molecule has 266 valence electrons. The third-order valence-electron chi connectivity index (χ3n) is 13.2. The van der Waals surface area contributed by atoms with Gasteiger partial charge in [0, 0.05) is 43.7 Å².